The van der Waals surface area contributed by atoms with Crippen LogP contribution in [0.4, 0.5) is 0 Å². The van der Waals surface area contributed by atoms with Gasteiger partial charge in [0.1, 0.15) is 12.1 Å². The van der Waals surface area contributed by atoms with Gasteiger partial charge >= 0.3 is 0 Å². The molecule has 0 aliphatic carbocycles. The summed E-state index contributed by atoms with van der Waals surface area (Å²) in [5.41, 5.74) is 0. The molecule has 0 N–H and O–H groups in total. The van der Waals surface area contributed by atoms with E-state index in [1.54, 1.807) is 37.3 Å². The SMILES string of the molecule is C[C@@H]1CCCCN1C(=O)[C@H](C)N1CC[C@@H](N(C)S(=O)(=O)c2ccc3cc(Cl)ccc3c2)C1=O. The molecule has 0 bridgehead atoms. The van der Waals surface area contributed by atoms with Crippen LogP contribution < -0.4 is 0 Å². The zero-order chi connectivity index (χ0) is 23.9. The number of likely N-dealkylation sites (N-methyl/N-ethyl adjacent to an activating group) is 1. The van der Waals surface area contributed by atoms with Crippen LogP contribution in [-0.2, 0) is 19.6 Å². The first-order valence-corrected chi connectivity index (χ1v) is 13.2. The Morgan fingerprint density at radius 2 is 1.79 bits per heavy atom. The maximum Gasteiger partial charge on any atom is 0.245 e. The lowest BCUT2D eigenvalue weighted by Crippen LogP contribution is -2.53. The van der Waals surface area contributed by atoms with Gasteiger partial charge in [0.15, 0.2) is 0 Å². The van der Waals surface area contributed by atoms with Crippen LogP contribution in [-0.4, -0.2) is 72.6 Å². The van der Waals surface area contributed by atoms with Crippen LogP contribution in [0.25, 0.3) is 10.8 Å². The fraction of sp³-hybridized carbons (Fsp3) is 0.500. The van der Waals surface area contributed by atoms with E-state index in [0.29, 0.717) is 24.5 Å². The van der Waals surface area contributed by atoms with Gasteiger partial charge in [-0.05, 0) is 74.6 Å². The zero-order valence-corrected chi connectivity index (χ0v) is 20.8. The van der Waals surface area contributed by atoms with Crippen LogP contribution in [0.1, 0.15) is 39.5 Å². The minimum atomic E-state index is -3.90. The molecule has 7 nitrogen and oxygen atoms in total. The summed E-state index contributed by atoms with van der Waals surface area (Å²) in [6, 6.07) is 8.83. The van der Waals surface area contributed by atoms with E-state index in [4.69, 9.17) is 11.6 Å². The van der Waals surface area contributed by atoms with Crippen LogP contribution in [0, 0.1) is 0 Å². The van der Waals surface area contributed by atoms with Crippen molar-refractivity contribution in [2.45, 2.75) is 62.6 Å². The Labute approximate surface area is 200 Å². The number of hydrogen-bond acceptors (Lipinski definition) is 4. The number of nitrogens with zero attached hydrogens (tertiary/aromatic N) is 3. The predicted octanol–water partition coefficient (Wildman–Crippen LogP) is 3.50. The Morgan fingerprint density at radius 3 is 2.52 bits per heavy atom. The summed E-state index contributed by atoms with van der Waals surface area (Å²) >= 11 is 6.02. The lowest BCUT2D eigenvalue weighted by atomic mass is 10.0. The van der Waals surface area contributed by atoms with Crippen LogP contribution in [0.2, 0.25) is 5.02 Å². The number of likely N-dealkylation sites (tertiary alicyclic amines) is 2. The highest BCUT2D eigenvalue weighted by Crippen LogP contribution is 2.28. The van der Waals surface area contributed by atoms with Crippen molar-refractivity contribution < 1.29 is 18.0 Å². The van der Waals surface area contributed by atoms with Crippen molar-refractivity contribution in [2.75, 3.05) is 20.1 Å². The third kappa shape index (κ3) is 4.48. The smallest absolute Gasteiger partial charge is 0.245 e. The van der Waals surface area contributed by atoms with E-state index in [-0.39, 0.29) is 22.8 Å². The molecule has 0 saturated carbocycles. The van der Waals surface area contributed by atoms with Crippen molar-refractivity contribution in [3.8, 4) is 0 Å². The average molecular weight is 492 g/mol. The van der Waals surface area contributed by atoms with Gasteiger partial charge in [0.05, 0.1) is 4.90 Å². The second-order valence-electron chi connectivity index (χ2n) is 9.06. The molecule has 2 aromatic carbocycles. The molecule has 33 heavy (non-hydrogen) atoms. The average Bonchev–Trinajstić information content (AvgIpc) is 3.18. The molecule has 2 amide bonds. The van der Waals surface area contributed by atoms with E-state index in [1.165, 1.54) is 18.0 Å². The molecule has 2 aromatic rings. The molecule has 3 atom stereocenters. The first-order valence-electron chi connectivity index (χ1n) is 11.4. The zero-order valence-electron chi connectivity index (χ0n) is 19.2. The van der Waals surface area contributed by atoms with Crippen molar-refractivity contribution in [1.82, 2.24) is 14.1 Å². The lowest BCUT2D eigenvalue weighted by Gasteiger charge is -2.37. The molecule has 2 aliphatic heterocycles. The van der Waals surface area contributed by atoms with E-state index >= 15 is 0 Å². The Bertz CT molecular complexity index is 1190. The van der Waals surface area contributed by atoms with Crippen LogP contribution >= 0.6 is 11.6 Å². The van der Waals surface area contributed by atoms with Gasteiger partial charge in [-0.1, -0.05) is 23.7 Å². The lowest BCUT2D eigenvalue weighted by molar-refractivity contribution is -0.146. The molecular formula is C24H30ClN3O4S. The number of amides is 2. The normalized spacial score (nSPS) is 22.9. The second-order valence-corrected chi connectivity index (χ2v) is 11.5. The van der Waals surface area contributed by atoms with E-state index < -0.39 is 22.1 Å². The fourth-order valence-corrected chi connectivity index (χ4v) is 6.46. The van der Waals surface area contributed by atoms with Crippen LogP contribution in [0.5, 0.6) is 0 Å². The van der Waals surface area contributed by atoms with Crippen LogP contribution in [0.15, 0.2) is 41.3 Å². The number of halogens is 1. The summed E-state index contributed by atoms with van der Waals surface area (Å²) in [7, 11) is -2.46. The topological polar surface area (TPSA) is 78.0 Å². The first-order chi connectivity index (χ1) is 15.6. The number of sulfonamides is 1. The summed E-state index contributed by atoms with van der Waals surface area (Å²) < 4.78 is 27.8. The van der Waals surface area contributed by atoms with Gasteiger partial charge in [0, 0.05) is 31.2 Å². The minimum Gasteiger partial charge on any atom is -0.338 e. The molecule has 4 rings (SSSR count). The number of carbonyl (C=O) groups excluding carboxylic acids is 2. The van der Waals surface area contributed by atoms with Crippen LogP contribution in [0.3, 0.4) is 0 Å². The number of piperidine rings is 1. The number of benzene rings is 2. The highest BCUT2D eigenvalue weighted by molar-refractivity contribution is 7.89. The molecule has 0 radical (unpaired) electrons. The Kier molecular flexibility index (Phi) is 6.71. The number of rotatable bonds is 5. The summed E-state index contributed by atoms with van der Waals surface area (Å²) in [4.78, 5) is 29.8. The predicted molar refractivity (Wildman–Crippen MR) is 129 cm³/mol. The summed E-state index contributed by atoms with van der Waals surface area (Å²) in [5.74, 6) is -0.381. The van der Waals surface area contributed by atoms with Crippen molar-refractivity contribution >= 4 is 44.2 Å². The highest BCUT2D eigenvalue weighted by atomic mass is 35.5. The maximum atomic E-state index is 13.3. The van der Waals surface area contributed by atoms with Gasteiger partial charge in [-0.3, -0.25) is 9.59 Å². The van der Waals surface area contributed by atoms with E-state index in [0.717, 1.165) is 34.3 Å². The molecule has 2 fully saturated rings. The van der Waals surface area contributed by atoms with E-state index in [1.807, 2.05) is 11.8 Å². The van der Waals surface area contributed by atoms with Gasteiger partial charge in [0.25, 0.3) is 0 Å². The molecule has 178 valence electrons. The second kappa shape index (κ2) is 9.24. The largest absolute Gasteiger partial charge is 0.338 e. The molecule has 2 heterocycles. The molecule has 0 unspecified atom stereocenters. The van der Waals surface area contributed by atoms with Gasteiger partial charge in [-0.25, -0.2) is 8.42 Å². The Hall–Kier alpha value is -2.16. The van der Waals surface area contributed by atoms with Crippen molar-refractivity contribution in [1.29, 1.82) is 0 Å². The number of hydrogen-bond donors (Lipinski definition) is 0. The minimum absolute atomic E-state index is 0.0603. The highest BCUT2D eigenvalue weighted by Gasteiger charge is 2.43. The van der Waals surface area contributed by atoms with E-state index in [9.17, 15) is 18.0 Å². The molecule has 2 saturated heterocycles. The third-order valence-corrected chi connectivity index (χ3v) is 9.11. The molecule has 2 aliphatic rings. The Balaban J connectivity index is 1.51. The summed E-state index contributed by atoms with van der Waals surface area (Å²) in [6.07, 6.45) is 3.39. The van der Waals surface area contributed by atoms with Crippen molar-refractivity contribution in [2.24, 2.45) is 0 Å². The fourth-order valence-electron chi connectivity index (χ4n) is 4.90. The molecule has 0 spiro atoms. The third-order valence-electron chi connectivity index (χ3n) is 7.01. The summed E-state index contributed by atoms with van der Waals surface area (Å²) in [5, 5.41) is 2.17. The number of fused-ring (bicyclic) bond motifs is 1. The van der Waals surface area contributed by atoms with E-state index in [2.05, 4.69) is 0 Å². The van der Waals surface area contributed by atoms with Crippen molar-refractivity contribution in [3.05, 3.63) is 41.4 Å². The van der Waals surface area contributed by atoms with Gasteiger partial charge < -0.3 is 9.80 Å². The Morgan fingerprint density at radius 1 is 1.09 bits per heavy atom. The van der Waals surface area contributed by atoms with Gasteiger partial charge in [-0.15, -0.1) is 0 Å². The number of carbonyl (C=O) groups is 2. The van der Waals surface area contributed by atoms with Gasteiger partial charge in [-0.2, -0.15) is 4.31 Å². The first kappa shape index (κ1) is 24.0. The monoisotopic (exact) mass is 491 g/mol. The quantitative estimate of drug-likeness (QED) is 0.641. The molecule has 0 aromatic heterocycles. The summed E-state index contributed by atoms with van der Waals surface area (Å²) in [6.45, 7) is 4.84. The standard InChI is InChI=1S/C24H30ClN3O4S/c1-16-6-4-5-12-27(16)23(29)17(2)28-13-11-22(24(28)30)26(3)33(31,32)21-10-8-18-14-20(25)9-7-19(18)15-21/h7-10,14-17,22H,4-6,11-13H2,1-3H3/t16-,17+,22-/m1/s1. The van der Waals surface area contributed by atoms with Crippen molar-refractivity contribution in [3.63, 3.8) is 0 Å². The maximum absolute atomic E-state index is 13.3. The molecule has 9 heteroatoms. The van der Waals surface area contributed by atoms with Gasteiger partial charge in [0.2, 0.25) is 21.8 Å². The molecular weight excluding hydrogens is 462 g/mol.